The molecule has 1 aliphatic carbocycles. The molecule has 1 unspecified atom stereocenters. The molecule has 0 heteroatoms. The first-order valence-electron chi connectivity index (χ1n) is 3.52. The van der Waals surface area contributed by atoms with Gasteiger partial charge in [-0.15, -0.1) is 0 Å². The Labute approximate surface area is 59.0 Å². The van der Waals surface area contributed by atoms with Gasteiger partial charge in [0.25, 0.3) is 0 Å². The van der Waals surface area contributed by atoms with Crippen LogP contribution in [0.3, 0.4) is 0 Å². The maximum Gasteiger partial charge on any atom is -0.0256 e. The van der Waals surface area contributed by atoms with Crippen LogP contribution in [-0.4, -0.2) is 0 Å². The molecule has 1 atom stereocenters. The van der Waals surface area contributed by atoms with Gasteiger partial charge in [-0.3, -0.25) is 0 Å². The molecule has 0 amide bonds. The lowest BCUT2D eigenvalue weighted by Crippen LogP contribution is -1.76. The molecule has 0 nitrogen and oxygen atoms in total. The fraction of sp³-hybridized carbons (Fsp3) is 0.778. The van der Waals surface area contributed by atoms with Gasteiger partial charge < -0.3 is 0 Å². The molecule has 0 fully saturated rings. The predicted octanol–water partition coefficient (Wildman–Crippen LogP) is 3.39. The molecule has 0 saturated heterocycles. The highest BCUT2D eigenvalue weighted by Gasteiger charge is 2.08. The molecule has 0 aromatic heterocycles. The predicted molar refractivity (Wildman–Crippen MR) is 43.5 cm³/mol. The van der Waals surface area contributed by atoms with Crippen molar-refractivity contribution in [2.75, 3.05) is 0 Å². The average Bonchev–Trinajstić information content (AvgIpc) is 2.14. The van der Waals surface area contributed by atoms with Crippen LogP contribution in [0.1, 0.15) is 40.5 Å². The monoisotopic (exact) mass is 126 g/mol. The van der Waals surface area contributed by atoms with Crippen molar-refractivity contribution in [3.63, 3.8) is 0 Å². The Morgan fingerprint density at radius 2 is 2.33 bits per heavy atom. The highest BCUT2D eigenvalue weighted by atomic mass is 14.1. The Bertz CT molecular complexity index is 101. The molecule has 0 spiro atoms. The summed E-state index contributed by atoms with van der Waals surface area (Å²) in [6.07, 6.45) is 6.44. The van der Waals surface area contributed by atoms with Gasteiger partial charge in [0, 0.05) is 0 Å². The average molecular weight is 126 g/mol. The van der Waals surface area contributed by atoms with Crippen molar-refractivity contribution in [1.82, 2.24) is 0 Å². The second kappa shape index (κ2) is 3.71. The summed E-state index contributed by atoms with van der Waals surface area (Å²) in [5.74, 6) is 0.866. The van der Waals surface area contributed by atoms with Crippen molar-refractivity contribution < 1.29 is 0 Å². The summed E-state index contributed by atoms with van der Waals surface area (Å²) in [6.45, 7) is 4.53. The fourth-order valence-corrected chi connectivity index (χ4v) is 1.28. The van der Waals surface area contributed by atoms with Crippen LogP contribution in [0.15, 0.2) is 11.6 Å². The summed E-state index contributed by atoms with van der Waals surface area (Å²) in [7, 11) is 0. The largest absolute Gasteiger partial charge is 0.0825 e. The summed E-state index contributed by atoms with van der Waals surface area (Å²) >= 11 is 0. The Balaban J connectivity index is 0.000000640. The summed E-state index contributed by atoms with van der Waals surface area (Å²) < 4.78 is 0. The van der Waals surface area contributed by atoms with Gasteiger partial charge in [0.15, 0.2) is 0 Å². The van der Waals surface area contributed by atoms with E-state index in [1.807, 2.05) is 0 Å². The van der Waals surface area contributed by atoms with E-state index >= 15 is 0 Å². The molecule has 0 radical (unpaired) electrons. The molecule has 0 bridgehead atoms. The smallest absolute Gasteiger partial charge is 0.0256 e. The topological polar surface area (TPSA) is 0 Å². The molecule has 0 saturated carbocycles. The maximum atomic E-state index is 2.42. The zero-order chi connectivity index (χ0) is 5.98. The second-order valence-electron chi connectivity index (χ2n) is 2.69. The minimum absolute atomic E-state index is 0. The molecule has 1 aliphatic rings. The van der Waals surface area contributed by atoms with Crippen molar-refractivity contribution in [3.05, 3.63) is 11.6 Å². The van der Waals surface area contributed by atoms with Gasteiger partial charge in [-0.05, 0) is 25.2 Å². The first-order chi connectivity index (χ1) is 3.83. The molecule has 0 aromatic carbocycles. The van der Waals surface area contributed by atoms with Crippen molar-refractivity contribution >= 4 is 0 Å². The lowest BCUT2D eigenvalue weighted by Gasteiger charge is -1.89. The van der Waals surface area contributed by atoms with E-state index < -0.39 is 0 Å². The van der Waals surface area contributed by atoms with Crippen LogP contribution in [0, 0.1) is 5.92 Å². The number of allylic oxidation sites excluding steroid dienone is 2. The van der Waals surface area contributed by atoms with Crippen LogP contribution in [0.2, 0.25) is 0 Å². The molecule has 54 valence electrons. The van der Waals surface area contributed by atoms with Crippen LogP contribution in [0.4, 0.5) is 0 Å². The molecule has 0 aromatic rings. The van der Waals surface area contributed by atoms with Gasteiger partial charge in [0.2, 0.25) is 0 Å². The summed E-state index contributed by atoms with van der Waals surface area (Å²) in [5, 5.41) is 0. The number of hydrogen-bond donors (Lipinski definition) is 0. The highest BCUT2D eigenvalue weighted by molar-refractivity contribution is 5.09. The van der Waals surface area contributed by atoms with E-state index in [1.165, 1.54) is 19.3 Å². The Morgan fingerprint density at radius 1 is 1.67 bits per heavy atom. The van der Waals surface area contributed by atoms with Crippen molar-refractivity contribution in [3.8, 4) is 0 Å². The lowest BCUT2D eigenvalue weighted by molar-refractivity contribution is 0.695. The molecular formula is C9H18. The second-order valence-corrected chi connectivity index (χ2v) is 2.69. The van der Waals surface area contributed by atoms with Crippen molar-refractivity contribution in [1.29, 1.82) is 0 Å². The Kier molecular flexibility index (Phi) is 3.60. The molecule has 0 aliphatic heterocycles. The lowest BCUT2D eigenvalue weighted by atomic mass is 10.2. The summed E-state index contributed by atoms with van der Waals surface area (Å²) in [4.78, 5) is 0. The zero-order valence-corrected chi connectivity index (χ0v) is 5.78. The third kappa shape index (κ3) is 2.21. The third-order valence-corrected chi connectivity index (χ3v) is 1.90. The van der Waals surface area contributed by atoms with Crippen LogP contribution in [-0.2, 0) is 0 Å². The first-order valence-corrected chi connectivity index (χ1v) is 3.52. The standard InChI is InChI=1S/C8H14.CH4/c1-3-8-5-4-7(2)6-8;/h6-7H,3-5H2,1-2H3;1H4. The van der Waals surface area contributed by atoms with E-state index in [1.54, 1.807) is 5.57 Å². The van der Waals surface area contributed by atoms with Crippen molar-refractivity contribution in [2.45, 2.75) is 40.5 Å². The van der Waals surface area contributed by atoms with Gasteiger partial charge in [-0.1, -0.05) is 32.9 Å². The summed E-state index contributed by atoms with van der Waals surface area (Å²) in [5.41, 5.74) is 1.66. The maximum absolute atomic E-state index is 2.42. The molecule has 0 heterocycles. The van der Waals surface area contributed by atoms with E-state index in [-0.39, 0.29) is 7.43 Å². The highest BCUT2D eigenvalue weighted by Crippen LogP contribution is 2.24. The van der Waals surface area contributed by atoms with E-state index in [0.29, 0.717) is 0 Å². The molecule has 0 N–H and O–H groups in total. The SMILES string of the molecule is C.CCC1=CC(C)CC1. The quantitative estimate of drug-likeness (QED) is 0.472. The van der Waals surface area contributed by atoms with Crippen molar-refractivity contribution in [2.24, 2.45) is 5.92 Å². The van der Waals surface area contributed by atoms with Crippen LogP contribution in [0.25, 0.3) is 0 Å². The van der Waals surface area contributed by atoms with Gasteiger partial charge in [-0.2, -0.15) is 0 Å². The van der Waals surface area contributed by atoms with E-state index in [9.17, 15) is 0 Å². The van der Waals surface area contributed by atoms with Crippen LogP contribution >= 0.6 is 0 Å². The summed E-state index contributed by atoms with van der Waals surface area (Å²) in [6, 6.07) is 0. The minimum atomic E-state index is 0. The third-order valence-electron chi connectivity index (χ3n) is 1.90. The van der Waals surface area contributed by atoms with Crippen LogP contribution in [0.5, 0.6) is 0 Å². The van der Waals surface area contributed by atoms with Gasteiger partial charge in [-0.25, -0.2) is 0 Å². The van der Waals surface area contributed by atoms with Crippen LogP contribution < -0.4 is 0 Å². The zero-order valence-electron chi connectivity index (χ0n) is 5.78. The Hall–Kier alpha value is -0.260. The van der Waals surface area contributed by atoms with E-state index in [4.69, 9.17) is 0 Å². The molecule has 1 rings (SSSR count). The van der Waals surface area contributed by atoms with Gasteiger partial charge in [0.05, 0.1) is 0 Å². The normalized spacial score (nSPS) is 25.1. The number of hydrogen-bond acceptors (Lipinski definition) is 0. The number of rotatable bonds is 1. The van der Waals surface area contributed by atoms with Gasteiger partial charge >= 0.3 is 0 Å². The Morgan fingerprint density at radius 3 is 2.56 bits per heavy atom. The molecule has 9 heavy (non-hydrogen) atoms. The fourth-order valence-electron chi connectivity index (χ4n) is 1.28. The first kappa shape index (κ1) is 8.74. The molecular weight excluding hydrogens is 108 g/mol. The minimum Gasteiger partial charge on any atom is -0.0825 e. The van der Waals surface area contributed by atoms with E-state index in [2.05, 4.69) is 19.9 Å². The van der Waals surface area contributed by atoms with E-state index in [0.717, 1.165) is 5.92 Å². The van der Waals surface area contributed by atoms with Gasteiger partial charge in [0.1, 0.15) is 0 Å².